The molecule has 0 radical (unpaired) electrons. The van der Waals surface area contributed by atoms with Gasteiger partial charge >= 0.3 is 0 Å². The Bertz CT molecular complexity index is 712. The van der Waals surface area contributed by atoms with Gasteiger partial charge in [0.15, 0.2) is 0 Å². The van der Waals surface area contributed by atoms with Crippen LogP contribution in [0.4, 0.5) is 4.39 Å². The molecule has 2 aromatic carbocycles. The van der Waals surface area contributed by atoms with Crippen molar-refractivity contribution in [3.63, 3.8) is 0 Å². The third-order valence-corrected chi connectivity index (χ3v) is 5.14. The number of benzene rings is 2. The lowest BCUT2D eigenvalue weighted by atomic mass is 10.0. The Labute approximate surface area is 124 Å². The van der Waals surface area contributed by atoms with Gasteiger partial charge in [0.25, 0.3) is 0 Å². The Kier molecular flexibility index (Phi) is 3.42. The first-order chi connectivity index (χ1) is 9.15. The molecule has 0 nitrogen and oxygen atoms in total. The molecule has 0 aliphatic carbocycles. The van der Waals surface area contributed by atoms with Gasteiger partial charge < -0.3 is 0 Å². The molecule has 19 heavy (non-hydrogen) atoms. The van der Waals surface area contributed by atoms with Crippen molar-refractivity contribution in [2.45, 2.75) is 11.8 Å². The lowest BCUT2D eigenvalue weighted by Crippen LogP contribution is -1.93. The summed E-state index contributed by atoms with van der Waals surface area (Å²) in [5, 5.41) is 3.38. The van der Waals surface area contributed by atoms with Gasteiger partial charge in [0.05, 0.1) is 4.83 Å². The molecule has 96 valence electrons. The van der Waals surface area contributed by atoms with Crippen molar-refractivity contribution in [2.75, 3.05) is 0 Å². The average molecular weight is 335 g/mol. The first-order valence-corrected chi connectivity index (χ1v) is 7.82. The Morgan fingerprint density at radius 3 is 2.74 bits per heavy atom. The van der Waals surface area contributed by atoms with Gasteiger partial charge in [-0.3, -0.25) is 0 Å². The van der Waals surface area contributed by atoms with Gasteiger partial charge in [-0.15, -0.1) is 11.3 Å². The molecule has 0 saturated heterocycles. The summed E-state index contributed by atoms with van der Waals surface area (Å²) < 4.78 is 14.8. The molecule has 0 amide bonds. The Balaban J connectivity index is 2.10. The third-order valence-electron chi connectivity index (χ3n) is 3.14. The number of thiophene rings is 1. The molecular weight excluding hydrogens is 323 g/mol. The molecule has 0 aliphatic rings. The highest BCUT2D eigenvalue weighted by molar-refractivity contribution is 9.09. The minimum Gasteiger partial charge on any atom is -0.207 e. The number of fused-ring (bicyclic) bond motifs is 1. The molecule has 0 saturated carbocycles. The zero-order valence-corrected chi connectivity index (χ0v) is 12.8. The van der Waals surface area contributed by atoms with Crippen LogP contribution < -0.4 is 0 Å². The van der Waals surface area contributed by atoms with Crippen molar-refractivity contribution >= 4 is 37.4 Å². The van der Waals surface area contributed by atoms with Crippen LogP contribution in [0.5, 0.6) is 0 Å². The molecule has 1 unspecified atom stereocenters. The molecule has 0 fully saturated rings. The number of halogens is 2. The van der Waals surface area contributed by atoms with Crippen LogP contribution in [-0.4, -0.2) is 0 Å². The summed E-state index contributed by atoms with van der Waals surface area (Å²) in [5.41, 5.74) is 3.10. The van der Waals surface area contributed by atoms with Gasteiger partial charge in [-0.05, 0) is 52.6 Å². The number of hydrogen-bond donors (Lipinski definition) is 0. The molecule has 0 bridgehead atoms. The fourth-order valence-electron chi connectivity index (χ4n) is 2.29. The first-order valence-electron chi connectivity index (χ1n) is 6.02. The molecule has 0 spiro atoms. The molecule has 1 heterocycles. The number of rotatable bonds is 2. The smallest absolute Gasteiger partial charge is 0.123 e. The van der Waals surface area contributed by atoms with Crippen molar-refractivity contribution < 1.29 is 4.39 Å². The van der Waals surface area contributed by atoms with E-state index in [1.54, 1.807) is 23.5 Å². The van der Waals surface area contributed by atoms with Crippen LogP contribution in [0.15, 0.2) is 47.8 Å². The number of aryl methyl sites for hydroxylation is 1. The van der Waals surface area contributed by atoms with Crippen LogP contribution >= 0.6 is 27.3 Å². The van der Waals surface area contributed by atoms with Gasteiger partial charge in [0.1, 0.15) is 5.82 Å². The van der Waals surface area contributed by atoms with Crippen LogP contribution in [-0.2, 0) is 0 Å². The number of alkyl halides is 1. The van der Waals surface area contributed by atoms with Crippen molar-refractivity contribution in [1.82, 2.24) is 0 Å². The van der Waals surface area contributed by atoms with E-state index in [4.69, 9.17) is 0 Å². The van der Waals surface area contributed by atoms with E-state index in [0.29, 0.717) is 0 Å². The largest absolute Gasteiger partial charge is 0.207 e. The van der Waals surface area contributed by atoms with E-state index in [0.717, 1.165) is 11.1 Å². The zero-order chi connectivity index (χ0) is 13.4. The van der Waals surface area contributed by atoms with E-state index in [-0.39, 0.29) is 10.6 Å². The molecule has 3 rings (SSSR count). The molecule has 3 aromatic rings. The average Bonchev–Trinajstić information content (AvgIpc) is 2.80. The number of hydrogen-bond acceptors (Lipinski definition) is 1. The Hall–Kier alpha value is -1.19. The van der Waals surface area contributed by atoms with Gasteiger partial charge in [0.2, 0.25) is 0 Å². The second-order valence-electron chi connectivity index (χ2n) is 4.61. The van der Waals surface area contributed by atoms with Gasteiger partial charge in [-0.1, -0.05) is 40.2 Å². The molecule has 0 N–H and O–H groups in total. The maximum absolute atomic E-state index is 13.5. The summed E-state index contributed by atoms with van der Waals surface area (Å²) in [6.07, 6.45) is 0. The maximum atomic E-state index is 13.5. The molecule has 3 heteroatoms. The molecule has 1 aromatic heterocycles. The summed E-state index contributed by atoms with van der Waals surface area (Å²) in [7, 11) is 0. The Morgan fingerprint density at radius 1 is 1.16 bits per heavy atom. The van der Waals surface area contributed by atoms with Gasteiger partial charge in [-0.2, -0.15) is 0 Å². The SMILES string of the molecule is Cc1cc(F)cc(C(Br)c2csc3ccccc23)c1. The van der Waals surface area contributed by atoms with Crippen molar-refractivity contribution in [3.8, 4) is 0 Å². The van der Waals surface area contributed by atoms with Gasteiger partial charge in [0, 0.05) is 4.70 Å². The highest BCUT2D eigenvalue weighted by Gasteiger charge is 2.15. The van der Waals surface area contributed by atoms with Crippen LogP contribution in [0.2, 0.25) is 0 Å². The quantitative estimate of drug-likeness (QED) is 0.517. The fourth-order valence-corrected chi connectivity index (χ4v) is 4.09. The zero-order valence-electron chi connectivity index (χ0n) is 10.4. The van der Waals surface area contributed by atoms with Crippen LogP contribution in [0.1, 0.15) is 21.5 Å². The molecule has 0 aliphatic heterocycles. The first kappa shape index (κ1) is 12.8. The van der Waals surface area contributed by atoms with Crippen LogP contribution in [0, 0.1) is 12.7 Å². The van der Waals surface area contributed by atoms with E-state index in [2.05, 4.69) is 33.4 Å². The highest BCUT2D eigenvalue weighted by Crippen LogP contribution is 2.38. The maximum Gasteiger partial charge on any atom is 0.123 e. The third kappa shape index (κ3) is 2.45. The normalized spacial score (nSPS) is 12.8. The minimum atomic E-state index is -0.181. The fraction of sp³-hybridized carbons (Fsp3) is 0.125. The second kappa shape index (κ2) is 5.06. The van der Waals surface area contributed by atoms with E-state index in [9.17, 15) is 4.39 Å². The van der Waals surface area contributed by atoms with E-state index < -0.39 is 0 Å². The predicted octanol–water partition coefficient (Wildman–Crippen LogP) is 5.83. The highest BCUT2D eigenvalue weighted by atomic mass is 79.9. The summed E-state index contributed by atoms with van der Waals surface area (Å²) in [5.74, 6) is -0.181. The van der Waals surface area contributed by atoms with E-state index in [1.165, 1.54) is 15.6 Å². The summed E-state index contributed by atoms with van der Waals surface area (Å²) in [6, 6.07) is 13.5. The molecular formula is C16H12BrFS. The van der Waals surface area contributed by atoms with E-state index >= 15 is 0 Å². The second-order valence-corrected chi connectivity index (χ2v) is 6.44. The van der Waals surface area contributed by atoms with Crippen molar-refractivity contribution in [3.05, 3.63) is 70.4 Å². The summed E-state index contributed by atoms with van der Waals surface area (Å²) >= 11 is 5.42. The van der Waals surface area contributed by atoms with Crippen LogP contribution in [0.25, 0.3) is 10.1 Å². The van der Waals surface area contributed by atoms with Crippen molar-refractivity contribution in [1.29, 1.82) is 0 Å². The lowest BCUT2D eigenvalue weighted by Gasteiger charge is -2.11. The van der Waals surface area contributed by atoms with E-state index in [1.807, 2.05) is 25.1 Å². The van der Waals surface area contributed by atoms with Crippen molar-refractivity contribution in [2.24, 2.45) is 0 Å². The van der Waals surface area contributed by atoms with Gasteiger partial charge in [-0.25, -0.2) is 4.39 Å². The van der Waals surface area contributed by atoms with Crippen LogP contribution in [0.3, 0.4) is 0 Å². The predicted molar refractivity (Wildman–Crippen MR) is 83.7 cm³/mol. The minimum absolute atomic E-state index is 0.0260. The molecule has 1 atom stereocenters. The Morgan fingerprint density at radius 2 is 1.95 bits per heavy atom. The summed E-state index contributed by atoms with van der Waals surface area (Å²) in [6.45, 7) is 1.91. The summed E-state index contributed by atoms with van der Waals surface area (Å²) in [4.78, 5) is 0.0260. The monoisotopic (exact) mass is 334 g/mol. The standard InChI is InChI=1S/C16H12BrFS/c1-10-6-11(8-12(18)7-10)16(17)14-9-19-15-5-3-2-4-13(14)15/h2-9,16H,1H3. The topological polar surface area (TPSA) is 0 Å². The lowest BCUT2D eigenvalue weighted by molar-refractivity contribution is 0.624.